The molecular formula is C18H23NO5S. The number of rotatable bonds is 3. The summed E-state index contributed by atoms with van der Waals surface area (Å²) >= 11 is 0. The molecule has 0 bridgehead atoms. The second-order valence-corrected chi connectivity index (χ2v) is 8.84. The van der Waals surface area contributed by atoms with Gasteiger partial charge in [-0.2, -0.15) is 0 Å². The predicted octanol–water partition coefficient (Wildman–Crippen LogP) is 2.57. The van der Waals surface area contributed by atoms with E-state index in [1.165, 1.54) is 12.1 Å². The fourth-order valence-corrected chi connectivity index (χ4v) is 3.97. The average Bonchev–Trinajstić information content (AvgIpc) is 2.47. The number of aryl methyl sites for hydroxylation is 1. The van der Waals surface area contributed by atoms with Crippen LogP contribution in [-0.4, -0.2) is 36.6 Å². The molecule has 1 aliphatic rings. The van der Waals surface area contributed by atoms with Crippen LogP contribution in [0.2, 0.25) is 0 Å². The first-order valence-corrected chi connectivity index (χ1v) is 9.52. The van der Waals surface area contributed by atoms with E-state index in [4.69, 9.17) is 4.74 Å². The Morgan fingerprint density at radius 3 is 2.36 bits per heavy atom. The molecule has 1 aliphatic heterocycles. The fraction of sp³-hybridized carbons (Fsp3) is 0.444. The Morgan fingerprint density at radius 1 is 1.20 bits per heavy atom. The molecular weight excluding hydrogens is 342 g/mol. The maximum Gasteiger partial charge on any atom is 0.333 e. The van der Waals surface area contributed by atoms with Crippen molar-refractivity contribution in [3.63, 3.8) is 0 Å². The van der Waals surface area contributed by atoms with Gasteiger partial charge in [-0.15, -0.1) is 0 Å². The third-order valence-electron chi connectivity index (χ3n) is 3.59. The Kier molecular flexibility index (Phi) is 5.37. The number of nitrogens with zero attached hydrogens (tertiary/aromatic N) is 1. The Labute approximate surface area is 148 Å². The lowest BCUT2D eigenvalue weighted by molar-refractivity contribution is -0.148. The molecule has 6 nitrogen and oxygen atoms in total. The predicted molar refractivity (Wildman–Crippen MR) is 93.2 cm³/mol. The normalized spacial score (nSPS) is 17.7. The summed E-state index contributed by atoms with van der Waals surface area (Å²) in [4.78, 5) is 24.4. The smallest absolute Gasteiger partial charge is 0.333 e. The molecule has 25 heavy (non-hydrogen) atoms. The minimum absolute atomic E-state index is 0.0860. The van der Waals surface area contributed by atoms with Crippen LogP contribution < -0.4 is 0 Å². The summed E-state index contributed by atoms with van der Waals surface area (Å²) in [5.74, 6) is -1.12. The number of hydrogen-bond acceptors (Lipinski definition) is 5. The van der Waals surface area contributed by atoms with Crippen LogP contribution >= 0.6 is 0 Å². The van der Waals surface area contributed by atoms with Crippen molar-refractivity contribution in [2.24, 2.45) is 0 Å². The number of Topliss-reactive ketones (excluding diaryl/α,β-unsaturated/α-hetero) is 1. The van der Waals surface area contributed by atoms with Crippen molar-refractivity contribution in [2.75, 3.05) is 6.54 Å². The highest BCUT2D eigenvalue weighted by Gasteiger charge is 2.34. The lowest BCUT2D eigenvalue weighted by Gasteiger charge is -2.30. The molecule has 0 atom stereocenters. The Morgan fingerprint density at radius 2 is 1.80 bits per heavy atom. The van der Waals surface area contributed by atoms with Crippen molar-refractivity contribution in [2.45, 2.75) is 51.0 Å². The Hall–Kier alpha value is -2.15. The number of ether oxygens (including phenoxy) is 1. The SMILES string of the molecule is Cc1ccc(S(=O)(=O)N2CCCC(=O)/C2=C\C(=O)OC(C)(C)C)cc1. The van der Waals surface area contributed by atoms with Crippen LogP contribution in [0, 0.1) is 6.92 Å². The molecule has 1 fully saturated rings. The molecule has 0 aliphatic carbocycles. The minimum Gasteiger partial charge on any atom is -0.457 e. The van der Waals surface area contributed by atoms with Gasteiger partial charge in [0.05, 0.1) is 11.0 Å². The lowest BCUT2D eigenvalue weighted by atomic mass is 10.1. The zero-order valence-electron chi connectivity index (χ0n) is 14.9. The molecule has 0 unspecified atom stereocenters. The highest BCUT2D eigenvalue weighted by Crippen LogP contribution is 2.26. The van der Waals surface area contributed by atoms with Crippen LogP contribution in [0.5, 0.6) is 0 Å². The third kappa shape index (κ3) is 4.69. The van der Waals surface area contributed by atoms with Gasteiger partial charge in [-0.3, -0.25) is 9.10 Å². The van der Waals surface area contributed by atoms with Crippen molar-refractivity contribution in [1.82, 2.24) is 4.31 Å². The van der Waals surface area contributed by atoms with Gasteiger partial charge in [0.2, 0.25) is 0 Å². The molecule has 0 radical (unpaired) electrons. The van der Waals surface area contributed by atoms with Gasteiger partial charge in [0.1, 0.15) is 11.3 Å². The number of hydrogen-bond donors (Lipinski definition) is 0. The van der Waals surface area contributed by atoms with E-state index in [1.807, 2.05) is 6.92 Å². The first-order valence-electron chi connectivity index (χ1n) is 8.08. The van der Waals surface area contributed by atoms with E-state index < -0.39 is 21.6 Å². The quantitative estimate of drug-likeness (QED) is 0.607. The van der Waals surface area contributed by atoms with E-state index in [1.54, 1.807) is 32.9 Å². The van der Waals surface area contributed by atoms with E-state index in [0.717, 1.165) is 15.9 Å². The van der Waals surface area contributed by atoms with Crippen LogP contribution in [0.1, 0.15) is 39.2 Å². The Balaban J connectivity index is 2.41. The number of carbonyl (C=O) groups is 2. The van der Waals surface area contributed by atoms with Crippen molar-refractivity contribution in [3.8, 4) is 0 Å². The number of esters is 1. The van der Waals surface area contributed by atoms with Gasteiger partial charge in [-0.1, -0.05) is 17.7 Å². The summed E-state index contributed by atoms with van der Waals surface area (Å²) in [6.45, 7) is 7.11. The first-order chi connectivity index (χ1) is 11.5. The van der Waals surface area contributed by atoms with Crippen LogP contribution in [0.25, 0.3) is 0 Å². The van der Waals surface area contributed by atoms with Gasteiger partial charge in [0, 0.05) is 13.0 Å². The molecule has 1 heterocycles. The summed E-state index contributed by atoms with van der Waals surface area (Å²) < 4.78 is 32.0. The average molecular weight is 365 g/mol. The molecule has 2 rings (SSSR count). The largest absolute Gasteiger partial charge is 0.457 e. The third-order valence-corrected chi connectivity index (χ3v) is 5.42. The number of piperidine rings is 1. The van der Waals surface area contributed by atoms with Crippen LogP contribution in [0.3, 0.4) is 0 Å². The number of benzene rings is 1. The molecule has 1 saturated heterocycles. The maximum absolute atomic E-state index is 12.9. The molecule has 1 aromatic rings. The maximum atomic E-state index is 12.9. The van der Waals surface area contributed by atoms with E-state index in [9.17, 15) is 18.0 Å². The van der Waals surface area contributed by atoms with Crippen LogP contribution in [0.4, 0.5) is 0 Å². The molecule has 0 N–H and O–H groups in total. The van der Waals surface area contributed by atoms with Gasteiger partial charge < -0.3 is 4.74 Å². The van der Waals surface area contributed by atoms with Crippen molar-refractivity contribution in [3.05, 3.63) is 41.6 Å². The van der Waals surface area contributed by atoms with Gasteiger partial charge in [-0.25, -0.2) is 13.2 Å². The topological polar surface area (TPSA) is 80.8 Å². The molecule has 0 amide bonds. The summed E-state index contributed by atoms with van der Waals surface area (Å²) in [5.41, 5.74) is 0.0613. The lowest BCUT2D eigenvalue weighted by Crippen LogP contribution is -2.39. The van der Waals surface area contributed by atoms with Gasteiger partial charge in [0.15, 0.2) is 5.78 Å². The number of carbonyl (C=O) groups excluding carboxylic acids is 2. The summed E-state index contributed by atoms with van der Waals surface area (Å²) in [6.07, 6.45) is 1.60. The van der Waals surface area contributed by atoms with Gasteiger partial charge in [-0.05, 0) is 46.2 Å². The number of allylic oxidation sites excluding steroid dienone is 1. The second-order valence-electron chi connectivity index (χ2n) is 6.98. The van der Waals surface area contributed by atoms with Crippen molar-refractivity contribution < 1.29 is 22.7 Å². The second kappa shape index (κ2) is 7.00. The molecule has 1 aromatic carbocycles. The van der Waals surface area contributed by atoms with E-state index >= 15 is 0 Å². The van der Waals surface area contributed by atoms with Crippen molar-refractivity contribution >= 4 is 21.8 Å². The highest BCUT2D eigenvalue weighted by atomic mass is 32.2. The monoisotopic (exact) mass is 365 g/mol. The number of sulfonamides is 1. The highest BCUT2D eigenvalue weighted by molar-refractivity contribution is 7.89. The molecule has 7 heteroatoms. The standard InChI is InChI=1S/C18H23NO5S/c1-13-7-9-14(10-8-13)25(22,23)19-11-5-6-16(20)15(19)12-17(21)24-18(2,3)4/h7-10,12H,5-6,11H2,1-4H3/b15-12+. The molecule has 0 aromatic heterocycles. The first kappa shape index (κ1) is 19.2. The minimum atomic E-state index is -3.91. The molecule has 136 valence electrons. The Bertz CT molecular complexity index is 801. The van der Waals surface area contributed by atoms with E-state index in [0.29, 0.717) is 6.42 Å². The van der Waals surface area contributed by atoms with E-state index in [2.05, 4.69) is 0 Å². The van der Waals surface area contributed by atoms with Crippen LogP contribution in [0.15, 0.2) is 40.9 Å². The van der Waals surface area contributed by atoms with Crippen molar-refractivity contribution in [1.29, 1.82) is 0 Å². The molecule has 0 spiro atoms. The summed E-state index contributed by atoms with van der Waals surface area (Å²) in [6, 6.07) is 6.37. The summed E-state index contributed by atoms with van der Waals surface area (Å²) in [7, 11) is -3.91. The molecule has 0 saturated carbocycles. The van der Waals surface area contributed by atoms with E-state index in [-0.39, 0.29) is 29.3 Å². The van der Waals surface area contributed by atoms with Crippen LogP contribution in [-0.2, 0) is 24.3 Å². The number of ketones is 1. The fourth-order valence-electron chi connectivity index (χ4n) is 2.45. The summed E-state index contributed by atoms with van der Waals surface area (Å²) in [5, 5.41) is 0. The zero-order valence-corrected chi connectivity index (χ0v) is 15.7. The van der Waals surface area contributed by atoms with Gasteiger partial charge in [0.25, 0.3) is 10.0 Å². The zero-order chi connectivity index (χ0) is 18.8. The van der Waals surface area contributed by atoms with Gasteiger partial charge >= 0.3 is 5.97 Å².